The summed E-state index contributed by atoms with van der Waals surface area (Å²) in [6.45, 7) is 5.63. The van der Waals surface area contributed by atoms with Gasteiger partial charge in [-0.25, -0.2) is 4.79 Å². The van der Waals surface area contributed by atoms with Gasteiger partial charge in [-0.2, -0.15) is 0 Å². The number of carbonyl (C=O) groups excluding carboxylic acids is 1. The van der Waals surface area contributed by atoms with Crippen molar-refractivity contribution in [1.29, 1.82) is 0 Å². The van der Waals surface area contributed by atoms with Crippen LogP contribution in [0.1, 0.15) is 26.7 Å². The van der Waals surface area contributed by atoms with Gasteiger partial charge in [0.05, 0.1) is 5.41 Å². The van der Waals surface area contributed by atoms with Crippen molar-refractivity contribution in [2.24, 2.45) is 11.1 Å². The first-order chi connectivity index (χ1) is 7.89. The second kappa shape index (κ2) is 5.31. The monoisotopic (exact) mass is 240 g/mol. The molecule has 1 aliphatic heterocycles. The van der Waals surface area contributed by atoms with Crippen LogP contribution in [-0.2, 0) is 9.59 Å². The lowest BCUT2D eigenvalue weighted by Gasteiger charge is -2.20. The Hall–Kier alpha value is -1.36. The second-order valence-electron chi connectivity index (χ2n) is 4.80. The molecule has 5 nitrogen and oxygen atoms in total. The molecule has 1 heterocycles. The highest BCUT2D eigenvalue weighted by Gasteiger charge is 2.38. The van der Waals surface area contributed by atoms with Crippen molar-refractivity contribution in [1.82, 2.24) is 4.90 Å². The number of hydrogen-bond donors (Lipinski definition) is 2. The first-order valence-electron chi connectivity index (χ1n) is 5.83. The maximum Gasteiger partial charge on any atom is 0.331 e. The molecule has 3 N–H and O–H groups in total. The predicted octanol–water partition coefficient (Wildman–Crippen LogP) is 0.605. The first-order valence-corrected chi connectivity index (χ1v) is 5.83. The van der Waals surface area contributed by atoms with Gasteiger partial charge in [-0.3, -0.25) is 9.69 Å². The van der Waals surface area contributed by atoms with Crippen molar-refractivity contribution >= 4 is 11.9 Å². The third kappa shape index (κ3) is 3.30. The Morgan fingerprint density at radius 1 is 1.53 bits per heavy atom. The molecule has 1 atom stereocenters. The molecule has 0 bridgehead atoms. The van der Waals surface area contributed by atoms with Crippen molar-refractivity contribution in [3.63, 3.8) is 0 Å². The van der Waals surface area contributed by atoms with Crippen LogP contribution in [0.4, 0.5) is 0 Å². The van der Waals surface area contributed by atoms with E-state index in [-0.39, 0.29) is 5.91 Å². The average molecular weight is 240 g/mol. The number of carboxylic acids is 1. The predicted molar refractivity (Wildman–Crippen MR) is 64.4 cm³/mol. The van der Waals surface area contributed by atoms with Crippen molar-refractivity contribution in [3.8, 4) is 0 Å². The molecule has 1 rings (SSSR count). The summed E-state index contributed by atoms with van der Waals surface area (Å²) in [7, 11) is 0. The average Bonchev–Trinajstić information content (AvgIpc) is 2.62. The van der Waals surface area contributed by atoms with E-state index in [4.69, 9.17) is 10.8 Å². The lowest BCUT2D eigenvalue weighted by molar-refractivity contribution is -0.132. The fraction of sp³-hybridized carbons (Fsp3) is 0.667. The fourth-order valence-corrected chi connectivity index (χ4v) is 2.04. The Balaban J connectivity index is 2.57. The van der Waals surface area contributed by atoms with E-state index in [1.54, 1.807) is 6.08 Å². The van der Waals surface area contributed by atoms with E-state index in [0.717, 1.165) is 13.0 Å². The van der Waals surface area contributed by atoms with Crippen LogP contribution in [0.5, 0.6) is 0 Å². The lowest BCUT2D eigenvalue weighted by Crippen LogP contribution is -2.37. The summed E-state index contributed by atoms with van der Waals surface area (Å²) in [6, 6.07) is 0. The molecule has 1 unspecified atom stereocenters. The van der Waals surface area contributed by atoms with Crippen LogP contribution in [-0.4, -0.2) is 41.5 Å². The number of nitrogens with zero attached hydrogens (tertiary/aromatic N) is 1. The van der Waals surface area contributed by atoms with Gasteiger partial charge in [0.2, 0.25) is 5.91 Å². The Morgan fingerprint density at radius 2 is 2.18 bits per heavy atom. The van der Waals surface area contributed by atoms with E-state index in [0.29, 0.717) is 25.1 Å². The number of primary amides is 1. The van der Waals surface area contributed by atoms with Crippen LogP contribution in [0, 0.1) is 5.41 Å². The van der Waals surface area contributed by atoms with Gasteiger partial charge in [0.25, 0.3) is 0 Å². The second-order valence-corrected chi connectivity index (χ2v) is 4.80. The van der Waals surface area contributed by atoms with Crippen LogP contribution < -0.4 is 5.73 Å². The van der Waals surface area contributed by atoms with Gasteiger partial charge in [-0.05, 0) is 26.3 Å². The molecule has 1 saturated heterocycles. The van der Waals surface area contributed by atoms with Crippen molar-refractivity contribution in [2.45, 2.75) is 26.7 Å². The van der Waals surface area contributed by atoms with E-state index >= 15 is 0 Å². The zero-order valence-corrected chi connectivity index (χ0v) is 10.4. The molecule has 0 spiro atoms. The molecule has 0 radical (unpaired) electrons. The SMILES string of the molecule is CCC(=CCN1CCC(C)(C(N)=O)C1)C(=O)O. The van der Waals surface area contributed by atoms with E-state index in [1.807, 2.05) is 13.8 Å². The molecular formula is C12H20N2O3. The van der Waals surface area contributed by atoms with Crippen LogP contribution in [0.15, 0.2) is 11.6 Å². The Labute approximate surface area is 101 Å². The van der Waals surface area contributed by atoms with Gasteiger partial charge < -0.3 is 10.8 Å². The van der Waals surface area contributed by atoms with E-state index < -0.39 is 11.4 Å². The minimum absolute atomic E-state index is 0.280. The summed E-state index contributed by atoms with van der Waals surface area (Å²) >= 11 is 0. The number of hydrogen-bond acceptors (Lipinski definition) is 3. The van der Waals surface area contributed by atoms with Gasteiger partial charge in [-0.15, -0.1) is 0 Å². The quantitative estimate of drug-likeness (QED) is 0.689. The van der Waals surface area contributed by atoms with E-state index in [2.05, 4.69) is 4.90 Å². The summed E-state index contributed by atoms with van der Waals surface area (Å²) in [4.78, 5) is 24.1. The maximum absolute atomic E-state index is 11.3. The number of rotatable bonds is 5. The molecule has 1 amide bonds. The molecule has 0 aromatic carbocycles. The third-order valence-corrected chi connectivity index (χ3v) is 3.40. The topological polar surface area (TPSA) is 83.6 Å². The molecule has 17 heavy (non-hydrogen) atoms. The maximum atomic E-state index is 11.3. The lowest BCUT2D eigenvalue weighted by atomic mass is 9.89. The molecule has 0 aliphatic carbocycles. The Kier molecular flexibility index (Phi) is 4.28. The van der Waals surface area contributed by atoms with Crippen LogP contribution >= 0.6 is 0 Å². The highest BCUT2D eigenvalue weighted by molar-refractivity contribution is 5.86. The Morgan fingerprint density at radius 3 is 2.59 bits per heavy atom. The number of amides is 1. The minimum Gasteiger partial charge on any atom is -0.478 e. The highest BCUT2D eigenvalue weighted by Crippen LogP contribution is 2.29. The van der Waals surface area contributed by atoms with Crippen LogP contribution in [0.3, 0.4) is 0 Å². The highest BCUT2D eigenvalue weighted by atomic mass is 16.4. The minimum atomic E-state index is -0.871. The normalized spacial score (nSPS) is 26.1. The number of likely N-dealkylation sites (tertiary alicyclic amines) is 1. The molecule has 1 fully saturated rings. The van der Waals surface area contributed by atoms with Gasteiger partial charge in [0.1, 0.15) is 0 Å². The molecule has 96 valence electrons. The van der Waals surface area contributed by atoms with Gasteiger partial charge >= 0.3 is 5.97 Å². The van der Waals surface area contributed by atoms with Gasteiger partial charge in [-0.1, -0.05) is 13.0 Å². The van der Waals surface area contributed by atoms with Crippen molar-refractivity contribution < 1.29 is 14.7 Å². The number of aliphatic carboxylic acids is 1. The van der Waals surface area contributed by atoms with Crippen molar-refractivity contribution in [2.75, 3.05) is 19.6 Å². The number of carboxylic acid groups (broad SMARTS) is 1. The number of carbonyl (C=O) groups is 2. The third-order valence-electron chi connectivity index (χ3n) is 3.40. The summed E-state index contributed by atoms with van der Waals surface area (Å²) in [5.74, 6) is -1.15. The molecule has 0 aromatic rings. The molecule has 0 saturated carbocycles. The summed E-state index contributed by atoms with van der Waals surface area (Å²) < 4.78 is 0. The van der Waals surface area contributed by atoms with E-state index in [9.17, 15) is 9.59 Å². The van der Waals surface area contributed by atoms with Crippen LogP contribution in [0.25, 0.3) is 0 Å². The number of nitrogens with two attached hydrogens (primary N) is 1. The first kappa shape index (κ1) is 13.7. The summed E-state index contributed by atoms with van der Waals surface area (Å²) in [6.07, 6.45) is 2.97. The molecular weight excluding hydrogens is 220 g/mol. The molecule has 5 heteroatoms. The zero-order valence-electron chi connectivity index (χ0n) is 10.4. The fourth-order valence-electron chi connectivity index (χ4n) is 2.04. The zero-order chi connectivity index (χ0) is 13.1. The van der Waals surface area contributed by atoms with Gasteiger partial charge in [0, 0.05) is 18.7 Å². The van der Waals surface area contributed by atoms with Crippen LogP contribution in [0.2, 0.25) is 0 Å². The standard InChI is InChI=1S/C12H20N2O3/c1-3-9(10(15)16)4-6-14-7-5-12(2,8-14)11(13)17/h4H,3,5-8H2,1-2H3,(H2,13,17)(H,15,16). The largest absolute Gasteiger partial charge is 0.478 e. The van der Waals surface area contributed by atoms with Crippen molar-refractivity contribution in [3.05, 3.63) is 11.6 Å². The molecule has 1 aliphatic rings. The van der Waals surface area contributed by atoms with E-state index in [1.165, 1.54) is 0 Å². The summed E-state index contributed by atoms with van der Waals surface area (Å²) in [5.41, 5.74) is 5.30. The van der Waals surface area contributed by atoms with Gasteiger partial charge in [0.15, 0.2) is 0 Å². The summed E-state index contributed by atoms with van der Waals surface area (Å²) in [5, 5.41) is 8.88. The molecule has 0 aromatic heterocycles. The smallest absolute Gasteiger partial charge is 0.331 e. The Bertz CT molecular complexity index is 352.